The summed E-state index contributed by atoms with van der Waals surface area (Å²) in [6.07, 6.45) is 0.428. The molecule has 5 aliphatic rings. The fourth-order valence-corrected chi connectivity index (χ4v) is 9.36. The van der Waals surface area contributed by atoms with Gasteiger partial charge in [0, 0.05) is 60.0 Å². The van der Waals surface area contributed by atoms with Gasteiger partial charge in [0.2, 0.25) is 20.4 Å². The van der Waals surface area contributed by atoms with Crippen LogP contribution in [0.3, 0.4) is 0 Å². The van der Waals surface area contributed by atoms with E-state index < -0.39 is 0 Å². The molecule has 0 saturated carbocycles. The maximum Gasteiger partial charge on any atom is 0.231 e. The van der Waals surface area contributed by atoms with Crippen molar-refractivity contribution in [1.82, 2.24) is 0 Å². The Morgan fingerprint density at radius 3 is 1.65 bits per heavy atom. The molecular weight excluding hydrogens is 700 g/mol. The Hall–Kier alpha value is -6.49. The quantitative estimate of drug-likeness (QED) is 0.165. The number of nitrogens with zero attached hydrogens (tertiary/aromatic N) is 2. The molecular formula is C44H36N2O9. The van der Waals surface area contributed by atoms with E-state index in [1.807, 2.05) is 36.4 Å². The van der Waals surface area contributed by atoms with Crippen molar-refractivity contribution in [2.24, 2.45) is 0 Å². The highest BCUT2D eigenvalue weighted by Crippen LogP contribution is 2.57. The molecule has 2 atom stereocenters. The molecule has 6 aromatic carbocycles. The van der Waals surface area contributed by atoms with Crippen LogP contribution >= 0.6 is 0 Å². The molecule has 11 heteroatoms. The number of hydrogen-bond donors (Lipinski definition) is 0. The lowest BCUT2D eigenvalue weighted by atomic mass is 9.81. The zero-order valence-electron chi connectivity index (χ0n) is 30.7. The van der Waals surface area contributed by atoms with E-state index in [2.05, 4.69) is 60.3 Å². The first-order chi connectivity index (χ1) is 26.9. The van der Waals surface area contributed by atoms with E-state index in [-0.39, 0.29) is 51.1 Å². The Morgan fingerprint density at radius 2 is 1.07 bits per heavy atom. The minimum absolute atomic E-state index is 0.0783. The van der Waals surface area contributed by atoms with Crippen LogP contribution in [-0.4, -0.2) is 54.5 Å². The minimum Gasteiger partial charge on any atom is -0.493 e. The van der Waals surface area contributed by atoms with Gasteiger partial charge in [-0.2, -0.15) is 0 Å². The minimum atomic E-state index is -0.377. The maximum absolute atomic E-state index is 14.9. The third-order valence-corrected chi connectivity index (χ3v) is 11.9. The van der Waals surface area contributed by atoms with Gasteiger partial charge < -0.3 is 47.7 Å². The van der Waals surface area contributed by atoms with Gasteiger partial charge in [-0.05, 0) is 70.4 Å². The summed E-state index contributed by atoms with van der Waals surface area (Å²) in [6.45, 7) is 0.501. The maximum atomic E-state index is 14.9. The van der Waals surface area contributed by atoms with Crippen LogP contribution in [0.2, 0.25) is 0 Å². The normalized spacial score (nSPS) is 17.9. The summed E-state index contributed by atoms with van der Waals surface area (Å²) in [5.41, 5.74) is 7.97. The Kier molecular flexibility index (Phi) is 6.84. The Bertz CT molecular complexity index is 2660. The summed E-state index contributed by atoms with van der Waals surface area (Å²) in [5.74, 6) is 5.53. The van der Waals surface area contributed by atoms with Gasteiger partial charge in [0.25, 0.3) is 0 Å². The first-order valence-electron chi connectivity index (χ1n) is 18.3. The first kappa shape index (κ1) is 32.0. The summed E-state index contributed by atoms with van der Waals surface area (Å²) in [6, 6.07) is 23.9. The Morgan fingerprint density at radius 1 is 0.582 bits per heavy atom. The van der Waals surface area contributed by atoms with E-state index in [1.54, 1.807) is 14.2 Å². The van der Waals surface area contributed by atoms with E-state index in [0.29, 0.717) is 34.5 Å². The lowest BCUT2D eigenvalue weighted by Gasteiger charge is -2.41. The molecule has 0 radical (unpaired) electrons. The fraction of sp³-hybridized carbons (Fsp3) is 0.250. The summed E-state index contributed by atoms with van der Waals surface area (Å²) >= 11 is 0. The lowest BCUT2D eigenvalue weighted by Crippen LogP contribution is -2.34. The van der Waals surface area contributed by atoms with Crippen LogP contribution in [0.5, 0.6) is 46.0 Å². The van der Waals surface area contributed by atoms with Crippen molar-refractivity contribution in [1.29, 1.82) is 0 Å². The van der Waals surface area contributed by atoms with Gasteiger partial charge in [0.15, 0.2) is 46.0 Å². The molecule has 5 heterocycles. The number of carbonyl (C=O) groups is 1. The van der Waals surface area contributed by atoms with Crippen LogP contribution in [0.25, 0.3) is 43.8 Å². The molecule has 5 aliphatic heterocycles. The Labute approximate surface area is 316 Å². The zero-order chi connectivity index (χ0) is 37.1. The second-order valence-corrected chi connectivity index (χ2v) is 14.5. The molecule has 55 heavy (non-hydrogen) atoms. The molecule has 11 rings (SSSR count). The van der Waals surface area contributed by atoms with Gasteiger partial charge in [-0.25, -0.2) is 0 Å². The zero-order valence-corrected chi connectivity index (χ0v) is 30.7. The number of rotatable bonds is 6. The third-order valence-electron chi connectivity index (χ3n) is 11.9. The fourth-order valence-electron chi connectivity index (χ4n) is 9.36. The molecule has 11 nitrogen and oxygen atoms in total. The molecule has 0 spiro atoms. The topological polar surface area (TPSA) is 97.4 Å². The summed E-state index contributed by atoms with van der Waals surface area (Å²) in [7, 11) is 7.39. The van der Waals surface area contributed by atoms with Crippen molar-refractivity contribution >= 4 is 38.7 Å². The molecule has 0 aliphatic carbocycles. The van der Waals surface area contributed by atoms with Gasteiger partial charge in [-0.15, -0.1) is 0 Å². The third kappa shape index (κ3) is 4.52. The molecule has 0 amide bonds. The number of hydrogen-bond acceptors (Lipinski definition) is 11. The number of carbonyl (C=O) groups excluding carboxylic acids is 1. The molecule has 276 valence electrons. The molecule has 6 aromatic rings. The average molecular weight is 737 g/mol. The molecule has 2 unspecified atom stereocenters. The Balaban J connectivity index is 1.03. The van der Waals surface area contributed by atoms with E-state index in [0.717, 1.165) is 77.8 Å². The van der Waals surface area contributed by atoms with Crippen LogP contribution in [0.15, 0.2) is 72.8 Å². The second kappa shape index (κ2) is 11.8. The van der Waals surface area contributed by atoms with Gasteiger partial charge in [0.1, 0.15) is 5.78 Å². The smallest absolute Gasteiger partial charge is 0.231 e. The number of anilines is 2. The predicted molar refractivity (Wildman–Crippen MR) is 207 cm³/mol. The van der Waals surface area contributed by atoms with Gasteiger partial charge in [-0.1, -0.05) is 24.3 Å². The SMILES string of the molecule is COc1ccc2c(c1OC)C(CC(=O)CC1c3c(ccc4c3OCO4)-c3ccc4cc5c(cc4c3N1C)OCO5)N(C)c1c-2ccc2cc3c(cc12)OCO3. The summed E-state index contributed by atoms with van der Waals surface area (Å²) < 4.78 is 47.0. The van der Waals surface area contributed by atoms with Gasteiger partial charge >= 0.3 is 0 Å². The largest absolute Gasteiger partial charge is 0.493 e. The summed E-state index contributed by atoms with van der Waals surface area (Å²) in [5, 5.41) is 4.08. The van der Waals surface area contributed by atoms with E-state index in [4.69, 9.17) is 37.9 Å². The van der Waals surface area contributed by atoms with Crippen molar-refractivity contribution in [2.45, 2.75) is 24.9 Å². The van der Waals surface area contributed by atoms with Crippen molar-refractivity contribution in [2.75, 3.05) is 58.5 Å². The van der Waals surface area contributed by atoms with E-state index >= 15 is 0 Å². The van der Waals surface area contributed by atoms with E-state index in [1.165, 1.54) is 0 Å². The number of Topliss-reactive ketones (excluding diaryl/α,β-unsaturated/α-hetero) is 1. The number of ether oxygens (including phenoxy) is 8. The first-order valence-corrected chi connectivity index (χ1v) is 18.3. The highest BCUT2D eigenvalue weighted by Gasteiger charge is 2.40. The highest BCUT2D eigenvalue weighted by atomic mass is 16.7. The van der Waals surface area contributed by atoms with Crippen molar-refractivity contribution in [3.8, 4) is 68.2 Å². The lowest BCUT2D eigenvalue weighted by molar-refractivity contribution is -0.119. The molecule has 0 N–H and O–H groups in total. The standard InChI is InChI=1S/C44H36N2O9/c1-45-31(39-25(9-11-33(48-3)43(39)49-4)27-7-5-22-13-35-37(53-19-51-35)17-29(22)41(27)45)15-24(47)16-32-40-26(10-12-34-44(40)55-21-50-34)28-8-6-23-14-36-38(54-20-52-36)18-30(23)42(28)46(32)2/h5-14,17-18,31-32H,15-16,19-21H2,1-4H3. The van der Waals surface area contributed by atoms with Gasteiger partial charge in [-0.3, -0.25) is 4.79 Å². The second-order valence-electron chi connectivity index (χ2n) is 14.5. The number of methoxy groups -OCH3 is 2. The summed E-state index contributed by atoms with van der Waals surface area (Å²) in [4.78, 5) is 19.4. The highest BCUT2D eigenvalue weighted by molar-refractivity contribution is 6.08. The molecule has 0 bridgehead atoms. The number of benzene rings is 6. The molecule has 0 fully saturated rings. The van der Waals surface area contributed by atoms with Crippen molar-refractivity contribution < 1.29 is 42.7 Å². The van der Waals surface area contributed by atoms with Crippen LogP contribution in [0.4, 0.5) is 11.4 Å². The van der Waals surface area contributed by atoms with Crippen LogP contribution in [0, 0.1) is 0 Å². The van der Waals surface area contributed by atoms with Crippen LogP contribution in [0.1, 0.15) is 36.1 Å². The van der Waals surface area contributed by atoms with Gasteiger partial charge in [0.05, 0.1) is 37.7 Å². The number of ketones is 1. The predicted octanol–water partition coefficient (Wildman–Crippen LogP) is 8.56. The van der Waals surface area contributed by atoms with Crippen molar-refractivity contribution in [3.05, 3.63) is 83.9 Å². The molecule has 0 aromatic heterocycles. The monoisotopic (exact) mass is 736 g/mol. The van der Waals surface area contributed by atoms with Crippen LogP contribution in [-0.2, 0) is 4.79 Å². The van der Waals surface area contributed by atoms with Crippen LogP contribution < -0.4 is 47.7 Å². The van der Waals surface area contributed by atoms with E-state index in [9.17, 15) is 4.79 Å². The van der Waals surface area contributed by atoms with Crippen molar-refractivity contribution in [3.63, 3.8) is 0 Å². The molecule has 0 saturated heterocycles. The average Bonchev–Trinajstić information content (AvgIpc) is 3.99. The number of fused-ring (bicyclic) bond motifs is 14.